The molecule has 0 heterocycles. The highest BCUT2D eigenvalue weighted by Crippen LogP contribution is 1.97. The van der Waals surface area contributed by atoms with Crippen LogP contribution in [-0.4, -0.2) is 18.1 Å². The summed E-state index contributed by atoms with van der Waals surface area (Å²) in [5.41, 5.74) is 5.26. The Bertz CT molecular complexity index is 117. The first kappa shape index (κ1) is 13.3. The Balaban J connectivity index is 0. The first-order valence-corrected chi connectivity index (χ1v) is 3.54. The lowest BCUT2D eigenvalue weighted by Crippen LogP contribution is -2.31. The van der Waals surface area contributed by atoms with Crippen molar-refractivity contribution in [2.45, 2.75) is 39.3 Å². The smallest absolute Gasteiger partial charge is 0.322 e. The van der Waals surface area contributed by atoms with Crippen LogP contribution < -0.4 is 5.73 Å². The van der Waals surface area contributed by atoms with Crippen LogP contribution in [0.3, 0.4) is 0 Å². The molecule has 2 atom stereocenters. The lowest BCUT2D eigenvalue weighted by molar-refractivity contribution is -0.149. The van der Waals surface area contributed by atoms with Gasteiger partial charge in [-0.1, -0.05) is 6.92 Å². The molecule has 0 radical (unpaired) electrons. The van der Waals surface area contributed by atoms with Crippen LogP contribution in [0, 0.1) is 0 Å². The average Bonchev–Trinajstić information content (AvgIpc) is 1.87. The van der Waals surface area contributed by atoms with Crippen molar-refractivity contribution in [2.75, 3.05) is 0 Å². The molecular formula is C7H16ClNO2. The van der Waals surface area contributed by atoms with E-state index in [0.29, 0.717) is 0 Å². The maximum absolute atomic E-state index is 10.8. The van der Waals surface area contributed by atoms with Gasteiger partial charge in [0.25, 0.3) is 0 Å². The van der Waals surface area contributed by atoms with E-state index in [1.54, 1.807) is 6.92 Å². The molecule has 0 aromatic heterocycles. The van der Waals surface area contributed by atoms with Gasteiger partial charge in [0.05, 0.1) is 6.10 Å². The summed E-state index contributed by atoms with van der Waals surface area (Å²) < 4.78 is 4.90. The van der Waals surface area contributed by atoms with Crippen molar-refractivity contribution in [3.8, 4) is 0 Å². The minimum absolute atomic E-state index is 0. The van der Waals surface area contributed by atoms with Crippen LogP contribution in [0.2, 0.25) is 0 Å². The lowest BCUT2D eigenvalue weighted by atomic mass is 10.3. The SMILES string of the molecule is CCC(C)OC(=O)[C@H](C)N.Cl. The summed E-state index contributed by atoms with van der Waals surface area (Å²) in [6.07, 6.45) is 0.817. The minimum atomic E-state index is -0.506. The third kappa shape index (κ3) is 6.13. The van der Waals surface area contributed by atoms with E-state index < -0.39 is 6.04 Å². The monoisotopic (exact) mass is 181 g/mol. The summed E-state index contributed by atoms with van der Waals surface area (Å²) in [6.45, 7) is 5.42. The third-order valence-electron chi connectivity index (χ3n) is 1.26. The summed E-state index contributed by atoms with van der Waals surface area (Å²) in [6, 6.07) is -0.506. The Morgan fingerprint density at radius 2 is 2.00 bits per heavy atom. The van der Waals surface area contributed by atoms with E-state index in [4.69, 9.17) is 10.5 Å². The number of rotatable bonds is 3. The van der Waals surface area contributed by atoms with Crippen LogP contribution in [-0.2, 0) is 9.53 Å². The molecule has 4 heteroatoms. The maximum atomic E-state index is 10.8. The zero-order chi connectivity index (χ0) is 8.15. The zero-order valence-electron chi connectivity index (χ0n) is 7.16. The van der Waals surface area contributed by atoms with E-state index in [1.165, 1.54) is 0 Å². The van der Waals surface area contributed by atoms with Crippen molar-refractivity contribution in [1.82, 2.24) is 0 Å². The van der Waals surface area contributed by atoms with E-state index in [0.717, 1.165) is 6.42 Å². The fourth-order valence-electron chi connectivity index (χ4n) is 0.389. The predicted octanol–water partition coefficient (Wildman–Crippen LogP) is 1.10. The molecule has 0 amide bonds. The molecule has 0 bridgehead atoms. The number of hydrogen-bond donors (Lipinski definition) is 1. The van der Waals surface area contributed by atoms with E-state index >= 15 is 0 Å². The number of carbonyl (C=O) groups excluding carboxylic acids is 1. The first-order valence-electron chi connectivity index (χ1n) is 3.54. The van der Waals surface area contributed by atoms with Crippen molar-refractivity contribution >= 4 is 18.4 Å². The molecule has 0 fully saturated rings. The van der Waals surface area contributed by atoms with Crippen molar-refractivity contribution in [3.63, 3.8) is 0 Å². The minimum Gasteiger partial charge on any atom is -0.462 e. The quantitative estimate of drug-likeness (QED) is 0.664. The van der Waals surface area contributed by atoms with Crippen LogP contribution >= 0.6 is 12.4 Å². The van der Waals surface area contributed by atoms with E-state index in [9.17, 15) is 4.79 Å². The molecule has 68 valence electrons. The Labute approximate surface area is 73.7 Å². The number of nitrogens with two attached hydrogens (primary N) is 1. The van der Waals surface area contributed by atoms with Crippen LogP contribution in [0.1, 0.15) is 27.2 Å². The molecule has 0 spiro atoms. The summed E-state index contributed by atoms with van der Waals surface area (Å²) in [5.74, 6) is -0.325. The van der Waals surface area contributed by atoms with Crippen molar-refractivity contribution in [3.05, 3.63) is 0 Å². The fourth-order valence-corrected chi connectivity index (χ4v) is 0.389. The summed E-state index contributed by atoms with van der Waals surface area (Å²) in [5, 5.41) is 0. The Hall–Kier alpha value is -0.280. The van der Waals surface area contributed by atoms with E-state index in [-0.39, 0.29) is 24.5 Å². The van der Waals surface area contributed by atoms with Gasteiger partial charge in [0.15, 0.2) is 0 Å². The van der Waals surface area contributed by atoms with E-state index in [2.05, 4.69) is 0 Å². The normalized spacial score (nSPS) is 14.5. The molecule has 0 saturated heterocycles. The van der Waals surface area contributed by atoms with Crippen LogP contribution in [0.4, 0.5) is 0 Å². The summed E-state index contributed by atoms with van der Waals surface area (Å²) in [7, 11) is 0. The van der Waals surface area contributed by atoms with Gasteiger partial charge in [0.1, 0.15) is 6.04 Å². The van der Waals surface area contributed by atoms with Gasteiger partial charge in [-0.05, 0) is 20.3 Å². The molecule has 0 rings (SSSR count). The number of carbonyl (C=O) groups is 1. The molecule has 11 heavy (non-hydrogen) atoms. The molecule has 0 saturated carbocycles. The molecule has 0 aliphatic rings. The highest BCUT2D eigenvalue weighted by molar-refractivity contribution is 5.85. The Morgan fingerprint density at radius 3 is 2.27 bits per heavy atom. The standard InChI is InChI=1S/C7H15NO2.ClH/c1-4-5(2)10-7(9)6(3)8;/h5-6H,4,8H2,1-3H3;1H/t5?,6-;/m0./s1. The Kier molecular flexibility index (Phi) is 7.79. The second kappa shape index (κ2) is 6.43. The van der Waals surface area contributed by atoms with Gasteiger partial charge in [-0.2, -0.15) is 0 Å². The molecule has 0 aliphatic heterocycles. The number of hydrogen-bond acceptors (Lipinski definition) is 3. The molecule has 0 aromatic rings. The summed E-state index contributed by atoms with van der Waals surface area (Å²) >= 11 is 0. The number of esters is 1. The third-order valence-corrected chi connectivity index (χ3v) is 1.26. The molecule has 0 aromatic carbocycles. The maximum Gasteiger partial charge on any atom is 0.322 e. The van der Waals surface area contributed by atoms with Gasteiger partial charge < -0.3 is 10.5 Å². The van der Waals surface area contributed by atoms with Crippen molar-refractivity contribution in [1.29, 1.82) is 0 Å². The van der Waals surface area contributed by atoms with Crippen molar-refractivity contribution < 1.29 is 9.53 Å². The van der Waals surface area contributed by atoms with Gasteiger partial charge in [-0.15, -0.1) is 12.4 Å². The van der Waals surface area contributed by atoms with Crippen LogP contribution in [0.25, 0.3) is 0 Å². The highest BCUT2D eigenvalue weighted by Gasteiger charge is 2.11. The summed E-state index contributed by atoms with van der Waals surface area (Å²) in [4.78, 5) is 10.8. The second-order valence-corrected chi connectivity index (χ2v) is 2.44. The fraction of sp³-hybridized carbons (Fsp3) is 0.857. The van der Waals surface area contributed by atoms with Crippen molar-refractivity contribution in [2.24, 2.45) is 5.73 Å². The highest BCUT2D eigenvalue weighted by atomic mass is 35.5. The molecule has 1 unspecified atom stereocenters. The van der Waals surface area contributed by atoms with Gasteiger partial charge >= 0.3 is 5.97 Å². The van der Waals surface area contributed by atoms with Gasteiger partial charge in [0, 0.05) is 0 Å². The van der Waals surface area contributed by atoms with Gasteiger partial charge in [0.2, 0.25) is 0 Å². The first-order chi connectivity index (χ1) is 4.57. The molecular weight excluding hydrogens is 166 g/mol. The topological polar surface area (TPSA) is 52.3 Å². The number of halogens is 1. The Morgan fingerprint density at radius 1 is 1.55 bits per heavy atom. The second-order valence-electron chi connectivity index (χ2n) is 2.44. The molecule has 2 N–H and O–H groups in total. The molecule has 3 nitrogen and oxygen atoms in total. The predicted molar refractivity (Wildman–Crippen MR) is 46.7 cm³/mol. The molecule has 0 aliphatic carbocycles. The van der Waals surface area contributed by atoms with Gasteiger partial charge in [-0.3, -0.25) is 4.79 Å². The largest absolute Gasteiger partial charge is 0.462 e. The van der Waals surface area contributed by atoms with Gasteiger partial charge in [-0.25, -0.2) is 0 Å². The lowest BCUT2D eigenvalue weighted by Gasteiger charge is -2.11. The van der Waals surface area contributed by atoms with Crippen LogP contribution in [0.15, 0.2) is 0 Å². The zero-order valence-corrected chi connectivity index (χ0v) is 7.98. The number of ether oxygens (including phenoxy) is 1. The van der Waals surface area contributed by atoms with Crippen LogP contribution in [0.5, 0.6) is 0 Å². The average molecular weight is 182 g/mol. The van der Waals surface area contributed by atoms with E-state index in [1.807, 2.05) is 13.8 Å².